The van der Waals surface area contributed by atoms with E-state index >= 15 is 0 Å². The molecule has 1 unspecified atom stereocenters. The van der Waals surface area contributed by atoms with Gasteiger partial charge >= 0.3 is 0 Å². The molecule has 1 aliphatic rings. The highest BCUT2D eigenvalue weighted by Crippen LogP contribution is 2.14. The highest BCUT2D eigenvalue weighted by Gasteiger charge is 2.24. The van der Waals surface area contributed by atoms with Crippen molar-refractivity contribution < 1.29 is 18.4 Å². The van der Waals surface area contributed by atoms with Gasteiger partial charge in [-0.15, -0.1) is 5.10 Å². The first-order valence-electron chi connectivity index (χ1n) is 7.86. The van der Waals surface area contributed by atoms with E-state index < -0.39 is 11.3 Å². The summed E-state index contributed by atoms with van der Waals surface area (Å²) in [6, 6.07) is 6.22. The van der Waals surface area contributed by atoms with E-state index in [-0.39, 0.29) is 11.8 Å². The van der Waals surface area contributed by atoms with Gasteiger partial charge in [-0.1, -0.05) is 4.49 Å². The van der Waals surface area contributed by atoms with Gasteiger partial charge < -0.3 is 19.1 Å². The van der Waals surface area contributed by atoms with Gasteiger partial charge in [-0.2, -0.15) is 0 Å². The average molecular weight is 394 g/mol. The van der Waals surface area contributed by atoms with Crippen LogP contribution in [0.15, 0.2) is 29.6 Å². The standard InChI is InChI=1S/C15H17N5O4S2/c21-14(11-2-4-12(5-3-11)17-26(23)24)19-6-1-7-20(9-8-19)15(22)13-10-25-18-16-13/h2-5,10,17H,1,6-9H2,(H,23,24)/p-1. The Hall–Kier alpha value is -2.37. The van der Waals surface area contributed by atoms with Crippen molar-refractivity contribution in [3.05, 3.63) is 40.9 Å². The highest BCUT2D eigenvalue weighted by molar-refractivity contribution is 7.80. The zero-order valence-corrected chi connectivity index (χ0v) is 15.3. The summed E-state index contributed by atoms with van der Waals surface area (Å²) in [5, 5.41) is 5.41. The second kappa shape index (κ2) is 8.34. The topological polar surface area (TPSA) is 119 Å². The lowest BCUT2D eigenvalue weighted by molar-refractivity contribution is 0.0715. The maximum absolute atomic E-state index is 12.7. The predicted octanol–water partition coefficient (Wildman–Crippen LogP) is 0.732. The minimum absolute atomic E-state index is 0.149. The predicted molar refractivity (Wildman–Crippen MR) is 95.3 cm³/mol. The van der Waals surface area contributed by atoms with Crippen molar-refractivity contribution in [2.24, 2.45) is 0 Å². The lowest BCUT2D eigenvalue weighted by Crippen LogP contribution is -2.37. The first kappa shape index (κ1) is 18.4. The second-order valence-electron chi connectivity index (χ2n) is 5.64. The molecule has 0 spiro atoms. The van der Waals surface area contributed by atoms with Gasteiger partial charge in [-0.25, -0.2) is 0 Å². The third kappa shape index (κ3) is 4.42. The molecule has 3 rings (SSSR count). The second-order valence-corrected chi connectivity index (χ2v) is 6.93. The molecule has 11 heteroatoms. The molecule has 2 amide bonds. The Morgan fingerprint density at radius 3 is 2.31 bits per heavy atom. The van der Waals surface area contributed by atoms with Crippen molar-refractivity contribution >= 4 is 40.3 Å². The Morgan fingerprint density at radius 2 is 1.73 bits per heavy atom. The molecule has 0 saturated carbocycles. The van der Waals surface area contributed by atoms with Crippen LogP contribution in [0.2, 0.25) is 0 Å². The van der Waals surface area contributed by atoms with Crippen molar-refractivity contribution in [3.8, 4) is 0 Å². The Bertz CT molecular complexity index is 797. The lowest BCUT2D eigenvalue weighted by atomic mass is 10.2. The van der Waals surface area contributed by atoms with Crippen molar-refractivity contribution in [2.75, 3.05) is 30.9 Å². The number of amides is 2. The van der Waals surface area contributed by atoms with Crippen LogP contribution in [-0.2, 0) is 11.3 Å². The van der Waals surface area contributed by atoms with Gasteiger partial charge in [0.1, 0.15) is 0 Å². The molecule has 1 fully saturated rings. The van der Waals surface area contributed by atoms with Crippen LogP contribution in [0.4, 0.5) is 5.69 Å². The largest absolute Gasteiger partial charge is 0.755 e. The molecule has 1 aromatic carbocycles. The van der Waals surface area contributed by atoms with E-state index in [0.29, 0.717) is 49.5 Å². The summed E-state index contributed by atoms with van der Waals surface area (Å²) in [7, 11) is 0. The van der Waals surface area contributed by atoms with E-state index in [1.165, 1.54) is 12.1 Å². The van der Waals surface area contributed by atoms with E-state index in [1.54, 1.807) is 27.3 Å². The van der Waals surface area contributed by atoms with Gasteiger partial charge in [-0.05, 0) is 42.2 Å². The highest BCUT2D eigenvalue weighted by atomic mass is 32.2. The van der Waals surface area contributed by atoms with Crippen molar-refractivity contribution in [1.82, 2.24) is 19.4 Å². The van der Waals surface area contributed by atoms with Crippen LogP contribution in [-0.4, -0.2) is 66.1 Å². The van der Waals surface area contributed by atoms with Gasteiger partial charge in [-0.3, -0.25) is 13.8 Å². The summed E-state index contributed by atoms with van der Waals surface area (Å²) < 4.78 is 27.2. The normalized spacial score (nSPS) is 16.0. The van der Waals surface area contributed by atoms with Crippen molar-refractivity contribution in [1.29, 1.82) is 0 Å². The zero-order chi connectivity index (χ0) is 18.5. The minimum atomic E-state index is -2.40. The Labute approximate surface area is 156 Å². The molecule has 138 valence electrons. The van der Waals surface area contributed by atoms with Gasteiger partial charge in [0.25, 0.3) is 11.8 Å². The Morgan fingerprint density at radius 1 is 1.08 bits per heavy atom. The minimum Gasteiger partial charge on any atom is -0.755 e. The molecule has 2 heterocycles. The number of rotatable bonds is 4. The van der Waals surface area contributed by atoms with Crippen molar-refractivity contribution in [2.45, 2.75) is 6.42 Å². The molecule has 1 aromatic heterocycles. The molecule has 0 aliphatic carbocycles. The number of hydrogen-bond donors (Lipinski definition) is 1. The van der Waals surface area contributed by atoms with E-state index in [9.17, 15) is 18.4 Å². The third-order valence-corrected chi connectivity index (χ3v) is 4.89. The molecule has 9 nitrogen and oxygen atoms in total. The van der Waals surface area contributed by atoms with E-state index in [1.807, 2.05) is 0 Å². The molecule has 1 N–H and O–H groups in total. The quantitative estimate of drug-likeness (QED) is 0.764. The van der Waals surface area contributed by atoms with Crippen molar-refractivity contribution in [3.63, 3.8) is 0 Å². The SMILES string of the molecule is O=C(c1ccc(NS(=O)[O-])cc1)N1CCCN(C(=O)c2csnn2)CC1. The molecule has 0 radical (unpaired) electrons. The average Bonchev–Trinajstić information content (AvgIpc) is 3.05. The Kier molecular flexibility index (Phi) is 5.91. The molecular formula is C15H16N5O4S2-. The first-order chi connectivity index (χ1) is 12.5. The third-order valence-electron chi connectivity index (χ3n) is 3.98. The summed E-state index contributed by atoms with van der Waals surface area (Å²) in [6.45, 7) is 1.95. The molecule has 26 heavy (non-hydrogen) atoms. The summed E-state index contributed by atoms with van der Waals surface area (Å²) in [4.78, 5) is 28.4. The van der Waals surface area contributed by atoms with Gasteiger partial charge in [0, 0.05) is 54.1 Å². The van der Waals surface area contributed by atoms with Crippen LogP contribution >= 0.6 is 11.5 Å². The fourth-order valence-electron chi connectivity index (χ4n) is 2.70. The Balaban J connectivity index is 1.62. The smallest absolute Gasteiger partial charge is 0.275 e. The number of nitrogens with zero attached hydrogens (tertiary/aromatic N) is 4. The van der Waals surface area contributed by atoms with Gasteiger partial charge in [0.2, 0.25) is 0 Å². The first-order valence-corrected chi connectivity index (χ1v) is 9.77. The fraction of sp³-hybridized carbons (Fsp3) is 0.333. The van der Waals surface area contributed by atoms with Crippen LogP contribution in [0.25, 0.3) is 0 Å². The fourth-order valence-corrected chi connectivity index (χ4v) is 3.46. The molecule has 1 saturated heterocycles. The number of hydrogen-bond acceptors (Lipinski definition) is 7. The molecule has 0 bridgehead atoms. The summed E-state index contributed by atoms with van der Waals surface area (Å²) in [6.07, 6.45) is 0.670. The maximum Gasteiger partial charge on any atom is 0.275 e. The number of nitrogens with one attached hydrogen (secondary N) is 1. The lowest BCUT2D eigenvalue weighted by Gasteiger charge is -2.22. The maximum atomic E-state index is 12.7. The van der Waals surface area contributed by atoms with Crippen LogP contribution < -0.4 is 4.72 Å². The zero-order valence-electron chi connectivity index (χ0n) is 13.7. The van der Waals surface area contributed by atoms with Crippen LogP contribution in [0.3, 0.4) is 0 Å². The molecular weight excluding hydrogens is 378 g/mol. The number of benzene rings is 1. The summed E-state index contributed by atoms with van der Waals surface area (Å²) >= 11 is -1.28. The van der Waals surface area contributed by atoms with Crippen LogP contribution in [0.1, 0.15) is 27.3 Å². The number of aromatic nitrogens is 2. The van der Waals surface area contributed by atoms with E-state index in [0.717, 1.165) is 11.5 Å². The van der Waals surface area contributed by atoms with E-state index in [4.69, 9.17) is 0 Å². The summed E-state index contributed by atoms with van der Waals surface area (Å²) in [5.41, 5.74) is 1.18. The number of carbonyl (C=O) groups is 2. The van der Waals surface area contributed by atoms with Crippen LogP contribution in [0, 0.1) is 0 Å². The molecule has 1 aliphatic heterocycles. The molecule has 1 atom stereocenters. The van der Waals surface area contributed by atoms with Gasteiger partial charge in [0.05, 0.1) is 0 Å². The number of carbonyl (C=O) groups excluding carboxylic acids is 2. The van der Waals surface area contributed by atoms with Gasteiger partial charge in [0.15, 0.2) is 5.69 Å². The monoisotopic (exact) mass is 394 g/mol. The molecule has 2 aromatic rings. The number of anilines is 1. The van der Waals surface area contributed by atoms with E-state index in [2.05, 4.69) is 14.3 Å². The summed E-state index contributed by atoms with van der Waals surface area (Å²) in [5.74, 6) is -0.321. The van der Waals surface area contributed by atoms with Crippen LogP contribution in [0.5, 0.6) is 0 Å².